The van der Waals surface area contributed by atoms with E-state index >= 15 is 0 Å². The first-order valence-corrected chi connectivity index (χ1v) is 6.96. The van der Waals surface area contributed by atoms with Crippen LogP contribution >= 0.6 is 27.3 Å². The van der Waals surface area contributed by atoms with E-state index in [2.05, 4.69) is 26.2 Å². The van der Waals surface area contributed by atoms with Crippen molar-refractivity contribution < 1.29 is 4.39 Å². The van der Waals surface area contributed by atoms with Crippen LogP contribution in [-0.2, 0) is 6.54 Å². The Morgan fingerprint density at radius 2 is 2.35 bits per heavy atom. The molecule has 0 radical (unpaired) electrons. The zero-order valence-electron chi connectivity index (χ0n) is 9.28. The lowest BCUT2D eigenvalue weighted by Gasteiger charge is -2.14. The third-order valence-corrected chi connectivity index (χ3v) is 3.63. The lowest BCUT2D eigenvalue weighted by Crippen LogP contribution is -2.19. The molecule has 1 heterocycles. The topological polar surface area (TPSA) is 24.9 Å². The highest BCUT2D eigenvalue weighted by Gasteiger charge is 2.10. The quantitative estimate of drug-likeness (QED) is 0.926. The summed E-state index contributed by atoms with van der Waals surface area (Å²) in [4.78, 5) is 4.17. The minimum absolute atomic E-state index is 0.0372. The van der Waals surface area contributed by atoms with Crippen molar-refractivity contribution in [3.63, 3.8) is 0 Å². The average Bonchev–Trinajstić information content (AvgIpc) is 2.78. The number of aromatic nitrogens is 1. The van der Waals surface area contributed by atoms with Crippen LogP contribution in [0.25, 0.3) is 0 Å². The van der Waals surface area contributed by atoms with Crippen LogP contribution in [0.5, 0.6) is 0 Å². The maximum absolute atomic E-state index is 13.7. The van der Waals surface area contributed by atoms with Crippen LogP contribution < -0.4 is 5.32 Å². The summed E-state index contributed by atoms with van der Waals surface area (Å²) in [5.74, 6) is -0.197. The van der Waals surface area contributed by atoms with E-state index in [-0.39, 0.29) is 11.9 Å². The first-order valence-electron chi connectivity index (χ1n) is 5.22. The predicted octanol–water partition coefficient (Wildman–Crippen LogP) is 3.90. The Morgan fingerprint density at radius 1 is 1.53 bits per heavy atom. The molecule has 2 rings (SSSR count). The van der Waals surface area contributed by atoms with Gasteiger partial charge in [-0.05, 0) is 19.1 Å². The van der Waals surface area contributed by atoms with E-state index in [9.17, 15) is 4.39 Å². The Labute approximate surface area is 112 Å². The predicted molar refractivity (Wildman–Crippen MR) is 71.5 cm³/mol. The summed E-state index contributed by atoms with van der Waals surface area (Å²) in [5.41, 5.74) is 3.45. The molecule has 1 aromatic carbocycles. The molecule has 1 atom stereocenters. The van der Waals surface area contributed by atoms with Gasteiger partial charge >= 0.3 is 0 Å². The second-order valence-electron chi connectivity index (χ2n) is 3.75. The van der Waals surface area contributed by atoms with Gasteiger partial charge in [0.25, 0.3) is 0 Å². The van der Waals surface area contributed by atoms with Gasteiger partial charge < -0.3 is 5.32 Å². The van der Waals surface area contributed by atoms with Crippen molar-refractivity contribution in [2.75, 3.05) is 0 Å². The second-order valence-corrected chi connectivity index (χ2v) is 5.38. The number of halogens is 2. The maximum Gasteiger partial charge on any atom is 0.129 e. The van der Waals surface area contributed by atoms with E-state index in [0.717, 1.165) is 10.2 Å². The Bertz CT molecular complexity index is 487. The van der Waals surface area contributed by atoms with Crippen LogP contribution in [-0.4, -0.2) is 4.98 Å². The molecule has 90 valence electrons. The van der Waals surface area contributed by atoms with Gasteiger partial charge in [-0.2, -0.15) is 0 Å². The summed E-state index contributed by atoms with van der Waals surface area (Å²) in [6.45, 7) is 2.60. The Hall–Kier alpha value is -0.780. The summed E-state index contributed by atoms with van der Waals surface area (Å²) < 4.78 is 14.4. The number of thiazole rings is 1. The zero-order valence-corrected chi connectivity index (χ0v) is 11.7. The van der Waals surface area contributed by atoms with Crippen LogP contribution in [0.2, 0.25) is 0 Å². The van der Waals surface area contributed by atoms with Crippen molar-refractivity contribution in [1.29, 1.82) is 0 Å². The van der Waals surface area contributed by atoms with Crippen LogP contribution in [0.3, 0.4) is 0 Å². The van der Waals surface area contributed by atoms with Crippen LogP contribution in [0.4, 0.5) is 4.39 Å². The summed E-state index contributed by atoms with van der Waals surface area (Å²) in [5, 5.41) is 5.23. The molecule has 1 aromatic heterocycles. The zero-order chi connectivity index (χ0) is 12.3. The van der Waals surface area contributed by atoms with E-state index < -0.39 is 0 Å². The maximum atomic E-state index is 13.7. The number of nitrogens with one attached hydrogen (secondary N) is 1. The summed E-state index contributed by atoms with van der Waals surface area (Å²) in [6.07, 6.45) is 0. The first kappa shape index (κ1) is 12.7. The smallest absolute Gasteiger partial charge is 0.129 e. The van der Waals surface area contributed by atoms with Crippen molar-refractivity contribution in [2.24, 2.45) is 0 Å². The lowest BCUT2D eigenvalue weighted by atomic mass is 10.1. The molecule has 5 heteroatoms. The molecule has 17 heavy (non-hydrogen) atoms. The van der Waals surface area contributed by atoms with Crippen molar-refractivity contribution >= 4 is 27.3 Å². The summed E-state index contributed by atoms with van der Waals surface area (Å²) in [7, 11) is 0. The minimum Gasteiger partial charge on any atom is -0.304 e. The van der Waals surface area contributed by atoms with E-state index in [1.807, 2.05) is 18.4 Å². The van der Waals surface area contributed by atoms with Gasteiger partial charge in [-0.25, -0.2) is 9.37 Å². The van der Waals surface area contributed by atoms with Gasteiger partial charge in [-0.15, -0.1) is 11.3 Å². The fraction of sp³-hybridized carbons (Fsp3) is 0.250. The Kier molecular flexibility index (Phi) is 4.25. The van der Waals surface area contributed by atoms with Gasteiger partial charge in [-0.1, -0.05) is 22.0 Å². The van der Waals surface area contributed by atoms with E-state index in [4.69, 9.17) is 0 Å². The molecular formula is C12H12BrFN2S. The molecule has 2 aromatic rings. The highest BCUT2D eigenvalue weighted by molar-refractivity contribution is 9.10. The molecule has 0 aliphatic rings. The number of rotatable bonds is 4. The monoisotopic (exact) mass is 314 g/mol. The van der Waals surface area contributed by atoms with Gasteiger partial charge in [0.2, 0.25) is 0 Å². The number of hydrogen-bond acceptors (Lipinski definition) is 3. The number of hydrogen-bond donors (Lipinski definition) is 1. The average molecular weight is 315 g/mol. The third kappa shape index (κ3) is 3.34. The van der Waals surface area contributed by atoms with E-state index in [1.54, 1.807) is 22.9 Å². The highest BCUT2D eigenvalue weighted by Crippen LogP contribution is 2.21. The second kappa shape index (κ2) is 5.71. The van der Waals surface area contributed by atoms with E-state index in [0.29, 0.717) is 12.1 Å². The standard InChI is InChI=1S/C12H12BrFN2S/c1-8(15-5-10-6-17-7-16-10)11-3-2-9(13)4-12(11)14/h2-4,6-8,15H,5H2,1H3. The van der Waals surface area contributed by atoms with E-state index in [1.165, 1.54) is 6.07 Å². The normalized spacial score (nSPS) is 12.6. The van der Waals surface area contributed by atoms with Crippen LogP contribution in [0.15, 0.2) is 33.6 Å². The lowest BCUT2D eigenvalue weighted by molar-refractivity contribution is 0.525. The minimum atomic E-state index is -0.197. The van der Waals surface area contributed by atoms with Crippen molar-refractivity contribution in [1.82, 2.24) is 10.3 Å². The molecule has 2 nitrogen and oxygen atoms in total. The van der Waals surface area contributed by atoms with Crippen molar-refractivity contribution in [3.8, 4) is 0 Å². The molecule has 0 saturated carbocycles. The third-order valence-electron chi connectivity index (χ3n) is 2.50. The van der Waals surface area contributed by atoms with Gasteiger partial charge in [0, 0.05) is 28.0 Å². The summed E-state index contributed by atoms with van der Waals surface area (Å²) >= 11 is 4.81. The first-order chi connectivity index (χ1) is 8.16. The fourth-order valence-corrected chi connectivity index (χ4v) is 2.44. The Morgan fingerprint density at radius 3 is 3.00 bits per heavy atom. The van der Waals surface area contributed by atoms with Gasteiger partial charge in [0.05, 0.1) is 11.2 Å². The van der Waals surface area contributed by atoms with Gasteiger partial charge in [-0.3, -0.25) is 0 Å². The number of benzene rings is 1. The van der Waals surface area contributed by atoms with Crippen LogP contribution in [0.1, 0.15) is 24.2 Å². The van der Waals surface area contributed by atoms with Gasteiger partial charge in [0.1, 0.15) is 5.82 Å². The largest absolute Gasteiger partial charge is 0.304 e. The molecule has 0 bridgehead atoms. The molecule has 1 unspecified atom stereocenters. The molecule has 0 saturated heterocycles. The molecular weight excluding hydrogens is 303 g/mol. The summed E-state index contributed by atoms with van der Waals surface area (Å²) in [6, 6.07) is 5.08. The molecule has 0 aliphatic carbocycles. The van der Waals surface area contributed by atoms with Gasteiger partial charge in [0.15, 0.2) is 0 Å². The Balaban J connectivity index is 2.01. The molecule has 0 fully saturated rings. The molecule has 1 N–H and O–H groups in total. The van der Waals surface area contributed by atoms with Crippen molar-refractivity contribution in [3.05, 3.63) is 50.6 Å². The molecule has 0 aliphatic heterocycles. The number of nitrogens with zero attached hydrogens (tertiary/aromatic N) is 1. The molecule has 0 amide bonds. The van der Waals surface area contributed by atoms with Crippen molar-refractivity contribution in [2.45, 2.75) is 19.5 Å². The fourth-order valence-electron chi connectivity index (χ4n) is 1.55. The molecule has 0 spiro atoms. The SMILES string of the molecule is CC(NCc1cscn1)c1ccc(Br)cc1F. The highest BCUT2D eigenvalue weighted by atomic mass is 79.9. The van der Waals surface area contributed by atoms with Crippen LogP contribution in [0, 0.1) is 5.82 Å².